The fraction of sp³-hybridized carbons (Fsp3) is 1.00. The average Bonchev–Trinajstić information content (AvgIpc) is 2.37. The van der Waals surface area contributed by atoms with Crippen molar-refractivity contribution in [3.63, 3.8) is 0 Å². The van der Waals surface area contributed by atoms with Gasteiger partial charge in [-0.05, 0) is 31.1 Å². The van der Waals surface area contributed by atoms with Crippen molar-refractivity contribution in [1.82, 2.24) is 0 Å². The van der Waals surface area contributed by atoms with Crippen LogP contribution in [0.15, 0.2) is 0 Å². The molecule has 1 saturated carbocycles. The van der Waals surface area contributed by atoms with E-state index < -0.39 is 0 Å². The minimum Gasteiger partial charge on any atom is -0.393 e. The Morgan fingerprint density at radius 3 is 2.18 bits per heavy atom. The summed E-state index contributed by atoms with van der Waals surface area (Å²) in [5, 5.41) is 10.2. The summed E-state index contributed by atoms with van der Waals surface area (Å²) in [6.45, 7) is 4.51. The molecule has 0 bridgehead atoms. The molecular formula is C16H32O. The summed E-state index contributed by atoms with van der Waals surface area (Å²) in [4.78, 5) is 0. The van der Waals surface area contributed by atoms with Gasteiger partial charge in [0.15, 0.2) is 0 Å². The highest BCUT2D eigenvalue weighted by Crippen LogP contribution is 2.34. The van der Waals surface area contributed by atoms with E-state index in [2.05, 4.69) is 13.8 Å². The molecule has 17 heavy (non-hydrogen) atoms. The summed E-state index contributed by atoms with van der Waals surface area (Å²) in [6.07, 6.45) is 14.2. The summed E-state index contributed by atoms with van der Waals surface area (Å²) in [6, 6.07) is 0. The maximum absolute atomic E-state index is 10.2. The van der Waals surface area contributed by atoms with Crippen LogP contribution in [0.4, 0.5) is 0 Å². The first-order chi connectivity index (χ1) is 8.27. The Labute approximate surface area is 108 Å². The molecule has 1 fully saturated rings. The van der Waals surface area contributed by atoms with E-state index in [1.807, 2.05) is 0 Å². The third-order valence-corrected chi connectivity index (χ3v) is 4.50. The molecule has 1 heteroatoms. The van der Waals surface area contributed by atoms with Crippen molar-refractivity contribution in [3.05, 3.63) is 0 Å². The molecule has 1 unspecified atom stereocenters. The molecule has 1 atom stereocenters. The number of aliphatic hydroxyl groups is 1. The van der Waals surface area contributed by atoms with E-state index >= 15 is 0 Å². The fourth-order valence-corrected chi connectivity index (χ4v) is 3.19. The quantitative estimate of drug-likeness (QED) is 0.597. The lowest BCUT2D eigenvalue weighted by Crippen LogP contribution is -2.25. The summed E-state index contributed by atoms with van der Waals surface area (Å²) in [7, 11) is 0. The molecule has 0 amide bonds. The topological polar surface area (TPSA) is 20.2 Å². The second kappa shape index (κ2) is 8.97. The van der Waals surface area contributed by atoms with Gasteiger partial charge in [0, 0.05) is 0 Å². The van der Waals surface area contributed by atoms with Crippen LogP contribution in [0, 0.1) is 11.8 Å². The Balaban J connectivity index is 2.12. The van der Waals surface area contributed by atoms with Crippen LogP contribution in [0.2, 0.25) is 0 Å². The molecule has 1 N–H and O–H groups in total. The van der Waals surface area contributed by atoms with E-state index in [-0.39, 0.29) is 6.10 Å². The highest BCUT2D eigenvalue weighted by molar-refractivity contribution is 4.77. The molecule has 0 aromatic carbocycles. The zero-order chi connectivity index (χ0) is 12.5. The minimum atomic E-state index is -0.00586. The highest BCUT2D eigenvalue weighted by atomic mass is 16.3. The van der Waals surface area contributed by atoms with Gasteiger partial charge in [-0.3, -0.25) is 0 Å². The van der Waals surface area contributed by atoms with Gasteiger partial charge in [0.2, 0.25) is 0 Å². The third-order valence-electron chi connectivity index (χ3n) is 4.50. The molecule has 0 heterocycles. The van der Waals surface area contributed by atoms with Gasteiger partial charge in [-0.15, -0.1) is 0 Å². The SMILES string of the molecule is CCCCCC(O)C1CCC(CCCC)CC1. The van der Waals surface area contributed by atoms with Gasteiger partial charge in [0.25, 0.3) is 0 Å². The van der Waals surface area contributed by atoms with Crippen molar-refractivity contribution in [3.8, 4) is 0 Å². The van der Waals surface area contributed by atoms with E-state index in [4.69, 9.17) is 0 Å². The van der Waals surface area contributed by atoms with Crippen LogP contribution in [-0.2, 0) is 0 Å². The molecular weight excluding hydrogens is 208 g/mol. The molecule has 1 aliphatic rings. The lowest BCUT2D eigenvalue weighted by molar-refractivity contribution is 0.0635. The number of hydrogen-bond donors (Lipinski definition) is 1. The molecule has 1 nitrogen and oxygen atoms in total. The predicted octanol–water partition coefficient (Wildman–Crippen LogP) is 4.92. The highest BCUT2D eigenvalue weighted by Gasteiger charge is 2.25. The van der Waals surface area contributed by atoms with Crippen molar-refractivity contribution in [2.45, 2.75) is 90.6 Å². The maximum Gasteiger partial charge on any atom is 0.0568 e. The van der Waals surface area contributed by atoms with Crippen molar-refractivity contribution >= 4 is 0 Å². The van der Waals surface area contributed by atoms with Crippen molar-refractivity contribution in [2.24, 2.45) is 11.8 Å². The van der Waals surface area contributed by atoms with E-state index in [9.17, 15) is 5.11 Å². The zero-order valence-corrected chi connectivity index (χ0v) is 12.0. The van der Waals surface area contributed by atoms with E-state index in [1.165, 1.54) is 64.2 Å². The molecule has 0 radical (unpaired) electrons. The lowest BCUT2D eigenvalue weighted by Gasteiger charge is -2.31. The molecule has 0 saturated heterocycles. The van der Waals surface area contributed by atoms with Crippen LogP contribution in [0.25, 0.3) is 0 Å². The summed E-state index contributed by atoms with van der Waals surface area (Å²) < 4.78 is 0. The Morgan fingerprint density at radius 2 is 1.59 bits per heavy atom. The molecule has 102 valence electrons. The van der Waals surface area contributed by atoms with Crippen molar-refractivity contribution in [1.29, 1.82) is 0 Å². The number of aliphatic hydroxyl groups excluding tert-OH is 1. The van der Waals surface area contributed by atoms with Crippen LogP contribution in [-0.4, -0.2) is 11.2 Å². The standard InChI is InChI=1S/C16H32O/c1-3-5-7-9-16(17)15-12-10-14(11-13-15)8-6-4-2/h14-17H,3-13H2,1-2H3. The average molecular weight is 240 g/mol. The van der Waals surface area contributed by atoms with Gasteiger partial charge in [-0.2, -0.15) is 0 Å². The second-order valence-electron chi connectivity index (χ2n) is 5.99. The van der Waals surface area contributed by atoms with Gasteiger partial charge < -0.3 is 5.11 Å². The minimum absolute atomic E-state index is 0.00586. The molecule has 1 aliphatic carbocycles. The summed E-state index contributed by atoms with van der Waals surface area (Å²) in [5.41, 5.74) is 0. The van der Waals surface area contributed by atoms with Crippen LogP contribution in [0.5, 0.6) is 0 Å². The van der Waals surface area contributed by atoms with Crippen molar-refractivity contribution in [2.75, 3.05) is 0 Å². The first kappa shape index (κ1) is 15.0. The predicted molar refractivity (Wildman–Crippen MR) is 75.1 cm³/mol. The second-order valence-corrected chi connectivity index (χ2v) is 5.99. The van der Waals surface area contributed by atoms with Crippen LogP contribution in [0.3, 0.4) is 0 Å². The van der Waals surface area contributed by atoms with Gasteiger partial charge in [-0.25, -0.2) is 0 Å². The van der Waals surface area contributed by atoms with Gasteiger partial charge in [0.05, 0.1) is 6.10 Å². The molecule has 0 spiro atoms. The molecule has 0 aliphatic heterocycles. The van der Waals surface area contributed by atoms with Gasteiger partial charge in [0.1, 0.15) is 0 Å². The Kier molecular flexibility index (Phi) is 7.92. The Hall–Kier alpha value is -0.0400. The summed E-state index contributed by atoms with van der Waals surface area (Å²) >= 11 is 0. The lowest BCUT2D eigenvalue weighted by atomic mass is 9.77. The zero-order valence-electron chi connectivity index (χ0n) is 12.0. The number of rotatable bonds is 8. The van der Waals surface area contributed by atoms with Crippen LogP contribution >= 0.6 is 0 Å². The maximum atomic E-state index is 10.2. The first-order valence-electron chi connectivity index (χ1n) is 7.96. The van der Waals surface area contributed by atoms with E-state index in [0.29, 0.717) is 5.92 Å². The normalized spacial score (nSPS) is 27.0. The van der Waals surface area contributed by atoms with E-state index in [0.717, 1.165) is 12.3 Å². The monoisotopic (exact) mass is 240 g/mol. The van der Waals surface area contributed by atoms with Gasteiger partial charge >= 0.3 is 0 Å². The molecule has 1 rings (SSSR count). The first-order valence-corrected chi connectivity index (χ1v) is 7.96. The Bertz CT molecular complexity index is 170. The molecule has 0 aromatic heterocycles. The number of hydrogen-bond acceptors (Lipinski definition) is 1. The van der Waals surface area contributed by atoms with Crippen LogP contribution < -0.4 is 0 Å². The summed E-state index contributed by atoms with van der Waals surface area (Å²) in [5.74, 6) is 1.58. The Morgan fingerprint density at radius 1 is 0.941 bits per heavy atom. The fourth-order valence-electron chi connectivity index (χ4n) is 3.19. The van der Waals surface area contributed by atoms with Gasteiger partial charge in [-0.1, -0.05) is 65.2 Å². The third kappa shape index (κ3) is 5.90. The smallest absolute Gasteiger partial charge is 0.0568 e. The largest absolute Gasteiger partial charge is 0.393 e. The van der Waals surface area contributed by atoms with E-state index in [1.54, 1.807) is 0 Å². The van der Waals surface area contributed by atoms with Crippen LogP contribution in [0.1, 0.15) is 84.5 Å². The van der Waals surface area contributed by atoms with Crippen molar-refractivity contribution < 1.29 is 5.11 Å². The number of unbranched alkanes of at least 4 members (excludes halogenated alkanes) is 3. The molecule has 0 aromatic rings.